The normalized spacial score (nSPS) is 30.7. The molecule has 12 aliphatic carbocycles. The summed E-state index contributed by atoms with van der Waals surface area (Å²) in [5.74, 6) is 4.64. The quantitative estimate of drug-likeness (QED) is 0.0693. The fourth-order valence-corrected chi connectivity index (χ4v) is 21.6. The molecule has 20 rings (SSSR count). The van der Waals surface area contributed by atoms with E-state index in [1.165, 1.54) is 12.2 Å². The number of aliphatic hydroxyl groups is 4. The number of oxime groups is 1. The van der Waals surface area contributed by atoms with E-state index < -0.39 is 12.0 Å². The van der Waals surface area contributed by atoms with Gasteiger partial charge in [0, 0.05) is 57.8 Å². The topological polar surface area (TPSA) is 299 Å². The SMILES string of the molecule is CC1[C@H]2C=C[C@@H]1[C@@H]1C[C@@H]3C(=C(O)[C@@H]12)C(=O)C1C(OCc2ccccc2)=NOC1[C@@H]3N(C)C.CC1[C@H]2C=C[C@@H]1[C@@H]1C[C@@H]3C(=C(O)c4c(OCc5ccccc5)noc4[C@@H]3N(C)C)C(=O)[C@@H]12.CN(C)[C@H]1c2onc(OCc3ccccc3)c2C(O)=C2C(=O)C=CC[C@H]21.CN(C)[C@H]1c2onc(OCc3ccccc3)c2C(O)=C2C(=O)C=CC[C@H]21. The summed E-state index contributed by atoms with van der Waals surface area (Å²) in [7, 11) is 15.7. The van der Waals surface area contributed by atoms with E-state index in [9.17, 15) is 39.6 Å². The van der Waals surface area contributed by atoms with Crippen molar-refractivity contribution in [2.75, 3.05) is 56.4 Å². The number of carbonyl (C=O) groups excluding carboxylic acids is 4. The minimum absolute atomic E-state index is 0.00438. The van der Waals surface area contributed by atoms with Gasteiger partial charge in [-0.25, -0.2) is 0 Å². The Labute approximate surface area is 673 Å². The Balaban J connectivity index is 0.000000112. The number of benzene rings is 4. The Morgan fingerprint density at radius 3 is 1.21 bits per heavy atom. The van der Waals surface area contributed by atoms with Gasteiger partial charge in [-0.1, -0.05) is 177 Å². The third-order valence-corrected chi connectivity index (χ3v) is 26.6. The molecule has 4 bridgehead atoms. The fourth-order valence-electron chi connectivity index (χ4n) is 21.6. The molecule has 4 saturated carbocycles. The smallest absolute Gasteiger partial charge is 0.265 e. The highest BCUT2D eigenvalue weighted by Gasteiger charge is 2.64. The number of hydrogen-bond acceptors (Lipinski definition) is 24. The third kappa shape index (κ3) is 13.3. The molecule has 24 heteroatoms. The fraction of sp³-hybridized carbons (Fsp3) is 0.413. The first-order chi connectivity index (χ1) is 56.1. The lowest BCUT2D eigenvalue weighted by Crippen LogP contribution is -2.58. The van der Waals surface area contributed by atoms with Crippen LogP contribution in [-0.4, -0.2) is 153 Å². The van der Waals surface area contributed by atoms with E-state index in [1.54, 1.807) is 0 Å². The zero-order valence-electron chi connectivity index (χ0n) is 66.6. The summed E-state index contributed by atoms with van der Waals surface area (Å²) in [5, 5.41) is 61.0. The number of carbonyl (C=O) groups is 4. The van der Waals surface area contributed by atoms with Crippen LogP contribution in [0.1, 0.15) is 114 Å². The zero-order chi connectivity index (χ0) is 80.8. The Kier molecular flexibility index (Phi) is 21.0. The maximum Gasteiger partial charge on any atom is 0.265 e. The molecule has 0 spiro atoms. The molecule has 4 fully saturated rings. The highest BCUT2D eigenvalue weighted by molar-refractivity contribution is 6.13. The number of allylic oxidation sites excluding steroid dienone is 9. The number of aromatic nitrogens is 3. The summed E-state index contributed by atoms with van der Waals surface area (Å²) < 4.78 is 40.4. The Hall–Kier alpha value is -11.2. The number of hydrogen-bond donors (Lipinski definition) is 4. The number of nitrogens with zero attached hydrogens (tertiary/aromatic N) is 8. The Bertz CT molecular complexity index is 5090. The number of rotatable bonds is 15. The van der Waals surface area contributed by atoms with Gasteiger partial charge in [-0.3, -0.25) is 33.9 Å². The molecule has 20 atom stereocenters. The van der Waals surface area contributed by atoms with Gasteiger partial charge in [-0.2, -0.15) is 0 Å². The van der Waals surface area contributed by atoms with Gasteiger partial charge in [-0.05, 0) is 179 Å². The van der Waals surface area contributed by atoms with Gasteiger partial charge in [0.25, 0.3) is 17.6 Å². The van der Waals surface area contributed by atoms with Crippen LogP contribution in [0.25, 0.3) is 17.3 Å². The first kappa shape index (κ1) is 77.4. The van der Waals surface area contributed by atoms with Crippen molar-refractivity contribution in [3.8, 4) is 17.6 Å². The minimum atomic E-state index is -0.609. The maximum absolute atomic E-state index is 13.8. The van der Waals surface area contributed by atoms with E-state index in [0.29, 0.717) is 149 Å². The van der Waals surface area contributed by atoms with Crippen LogP contribution in [0.2, 0.25) is 0 Å². The molecule has 24 nitrogen and oxygen atoms in total. The van der Waals surface area contributed by atoms with E-state index >= 15 is 0 Å². The summed E-state index contributed by atoms with van der Waals surface area (Å²) in [5.41, 5.74) is 7.12. The number of Topliss-reactive ketones (excluding diaryl/α,β-unsaturated/α-hetero) is 2. The van der Waals surface area contributed by atoms with Crippen LogP contribution in [-0.2, 0) is 55.2 Å². The summed E-state index contributed by atoms with van der Waals surface area (Å²) in [6.45, 7) is 5.77. The van der Waals surface area contributed by atoms with Gasteiger partial charge < -0.3 is 62.7 Å². The van der Waals surface area contributed by atoms with Gasteiger partial charge >= 0.3 is 0 Å². The van der Waals surface area contributed by atoms with Gasteiger partial charge in [-0.15, -0.1) is 0 Å². The lowest BCUT2D eigenvalue weighted by molar-refractivity contribution is -0.129. The van der Waals surface area contributed by atoms with E-state index in [4.69, 9.17) is 37.4 Å². The Morgan fingerprint density at radius 2 is 0.793 bits per heavy atom. The van der Waals surface area contributed by atoms with Crippen molar-refractivity contribution < 1.29 is 77.0 Å². The molecular formula is C92H98N8O16. The first-order valence-corrected chi connectivity index (χ1v) is 40.2. The third-order valence-electron chi connectivity index (χ3n) is 26.6. The molecule has 116 heavy (non-hydrogen) atoms. The molecule has 602 valence electrons. The summed E-state index contributed by atoms with van der Waals surface area (Å²) in [6, 6.07) is 38.4. The van der Waals surface area contributed by atoms with Crippen molar-refractivity contribution in [1.29, 1.82) is 0 Å². The van der Waals surface area contributed by atoms with E-state index in [0.717, 1.165) is 35.1 Å². The molecule has 13 aliphatic rings. The molecule has 3 aromatic heterocycles. The van der Waals surface area contributed by atoms with Crippen LogP contribution in [0.3, 0.4) is 0 Å². The van der Waals surface area contributed by atoms with Gasteiger partial charge in [0.2, 0.25) is 5.90 Å². The van der Waals surface area contributed by atoms with Gasteiger partial charge in [0.05, 0.1) is 24.2 Å². The van der Waals surface area contributed by atoms with Crippen LogP contribution in [0.4, 0.5) is 0 Å². The van der Waals surface area contributed by atoms with Crippen LogP contribution in [0.15, 0.2) is 217 Å². The standard InChI is InChI=1S/C26H30N2O4.C26H28N2O4.2C20H20N2O4/c2*1-13-15-9-10-16(13)19-17(15)11-18-20(23(19)29)24(30)21-25(22(18)28(2)3)32-27-26(21)31-12-14-7-5-4-6-8-14;2*1-22(2)17-13-9-6-10-14(23)15(13)18(24)16-19(17)26-21-20(16)25-11-12-7-4-3-5-8-12/h4-10,13,15-19,21-22,25,29H,11-12H2,1-3H3;4-10,13,15-19,22,30H,11-12H2,1-3H3;2*3-8,10,13,17,24H,9,11H2,1-2H3/t13?,15-,16+,17-,18+,19+,21?,22+,25?;13?,15-,16+,17-,18+,19+,22+;2*13-,17-/m0011/s1. The number of fused-ring (bicyclic) bond motifs is 18. The van der Waals surface area contributed by atoms with E-state index in [2.05, 4.69) is 68.6 Å². The molecule has 0 amide bonds. The molecule has 0 saturated heterocycles. The second-order valence-corrected chi connectivity index (χ2v) is 33.8. The number of ketones is 4. The molecule has 0 radical (unpaired) electrons. The highest BCUT2D eigenvalue weighted by atomic mass is 16.7. The first-order valence-electron chi connectivity index (χ1n) is 40.2. The van der Waals surface area contributed by atoms with Crippen LogP contribution >= 0.6 is 0 Å². The molecule has 4 N–H and O–H groups in total. The molecule has 4 unspecified atom stereocenters. The minimum Gasteiger partial charge on any atom is -0.512 e. The average molecular weight is 1570 g/mol. The summed E-state index contributed by atoms with van der Waals surface area (Å²) in [6.07, 6.45) is 18.5. The van der Waals surface area contributed by atoms with Gasteiger partial charge in [0.1, 0.15) is 72.1 Å². The number of aliphatic hydroxyl groups excluding tert-OH is 4. The molecule has 4 heterocycles. The predicted octanol–water partition coefficient (Wildman–Crippen LogP) is 14.5. The van der Waals surface area contributed by atoms with Crippen molar-refractivity contribution in [2.45, 2.75) is 96.2 Å². The van der Waals surface area contributed by atoms with Crippen LogP contribution in [0.5, 0.6) is 17.6 Å². The number of likely N-dealkylation sites (N-methyl/N-ethyl adjacent to an activating group) is 1. The van der Waals surface area contributed by atoms with Crippen LogP contribution in [0, 0.1) is 88.8 Å². The van der Waals surface area contributed by atoms with Crippen LogP contribution < -0.4 is 14.2 Å². The van der Waals surface area contributed by atoms with E-state index in [1.807, 2.05) is 200 Å². The summed E-state index contributed by atoms with van der Waals surface area (Å²) in [4.78, 5) is 66.5. The molecule has 7 aromatic rings. The van der Waals surface area contributed by atoms with E-state index in [-0.39, 0.29) is 124 Å². The van der Waals surface area contributed by atoms with Gasteiger partial charge in [0.15, 0.2) is 46.5 Å². The highest BCUT2D eigenvalue weighted by Crippen LogP contribution is 2.64. The monoisotopic (exact) mass is 1570 g/mol. The average Bonchev–Trinajstić information content (AvgIpc) is 1.54. The largest absolute Gasteiger partial charge is 0.512 e. The maximum atomic E-state index is 13.8. The molecule has 1 aliphatic heterocycles. The second kappa shape index (κ2) is 31.4. The van der Waals surface area contributed by atoms with Crippen molar-refractivity contribution in [3.05, 3.63) is 254 Å². The van der Waals surface area contributed by atoms with Crippen molar-refractivity contribution in [1.82, 2.24) is 35.1 Å². The zero-order valence-corrected chi connectivity index (χ0v) is 66.6. The van der Waals surface area contributed by atoms with Crippen molar-refractivity contribution in [3.63, 3.8) is 0 Å². The van der Waals surface area contributed by atoms with Crippen molar-refractivity contribution >= 4 is 46.3 Å². The molecule has 4 aromatic carbocycles. The molecular weight excluding hydrogens is 1470 g/mol. The second-order valence-electron chi connectivity index (χ2n) is 33.8. The lowest BCUT2D eigenvalue weighted by atomic mass is 9.61. The number of ether oxygens (including phenoxy) is 4. The predicted molar refractivity (Wildman–Crippen MR) is 429 cm³/mol. The Morgan fingerprint density at radius 1 is 0.422 bits per heavy atom. The van der Waals surface area contributed by atoms with Crippen molar-refractivity contribution in [2.24, 2.45) is 93.9 Å². The summed E-state index contributed by atoms with van der Waals surface area (Å²) >= 11 is 0. The lowest BCUT2D eigenvalue weighted by Gasteiger charge is -2.47.